The summed E-state index contributed by atoms with van der Waals surface area (Å²) in [6, 6.07) is 6.74. The molecule has 1 aromatic carbocycles. The van der Waals surface area contributed by atoms with Gasteiger partial charge in [0.05, 0.1) is 12.1 Å². The van der Waals surface area contributed by atoms with Crippen LogP contribution in [-0.4, -0.2) is 34.7 Å². The Bertz CT molecular complexity index is 704. The summed E-state index contributed by atoms with van der Waals surface area (Å²) in [6.07, 6.45) is 2.29. The van der Waals surface area contributed by atoms with E-state index in [0.29, 0.717) is 12.1 Å². The van der Waals surface area contributed by atoms with Gasteiger partial charge in [-0.15, -0.1) is 0 Å². The number of carbonyl (C=O) groups is 3. The van der Waals surface area contributed by atoms with Gasteiger partial charge in [0.15, 0.2) is 0 Å². The molecule has 1 heterocycles. The summed E-state index contributed by atoms with van der Waals surface area (Å²) in [7, 11) is 0. The molecule has 0 N–H and O–H groups in total. The summed E-state index contributed by atoms with van der Waals surface area (Å²) in [5.41, 5.74) is 0.433. The molecule has 0 bridgehead atoms. The van der Waals surface area contributed by atoms with Crippen molar-refractivity contribution < 1.29 is 14.4 Å². The van der Waals surface area contributed by atoms with Gasteiger partial charge >= 0.3 is 0 Å². The van der Waals surface area contributed by atoms with E-state index < -0.39 is 6.04 Å². The predicted molar refractivity (Wildman–Crippen MR) is 104 cm³/mol. The molecule has 0 spiro atoms. The zero-order valence-corrected chi connectivity index (χ0v) is 16.9. The average molecular weight is 454 g/mol. The number of hydrogen-bond acceptors (Lipinski definition) is 3. The largest absolute Gasteiger partial charge is 0.327 e. The van der Waals surface area contributed by atoms with Gasteiger partial charge in [-0.25, -0.2) is 4.90 Å². The van der Waals surface area contributed by atoms with Crippen molar-refractivity contribution in [1.82, 2.24) is 4.90 Å². The van der Waals surface area contributed by atoms with Crippen molar-refractivity contribution in [3.05, 3.63) is 27.8 Å². The zero-order chi connectivity index (χ0) is 18.4. The van der Waals surface area contributed by atoms with Gasteiger partial charge in [-0.05, 0) is 65.1 Å². The molecule has 1 aliphatic heterocycles. The van der Waals surface area contributed by atoms with Crippen LogP contribution in [0.2, 0.25) is 0 Å². The Morgan fingerprint density at radius 2 is 1.80 bits per heavy atom. The molecule has 25 heavy (non-hydrogen) atoms. The number of halogens is 1. The fourth-order valence-electron chi connectivity index (χ4n) is 3.22. The van der Waals surface area contributed by atoms with Crippen molar-refractivity contribution in [3.8, 4) is 0 Å². The lowest BCUT2D eigenvalue weighted by molar-refractivity contribution is -0.140. The van der Waals surface area contributed by atoms with Gasteiger partial charge in [-0.2, -0.15) is 0 Å². The van der Waals surface area contributed by atoms with Gasteiger partial charge in [0.1, 0.15) is 6.04 Å². The minimum atomic E-state index is -0.658. The van der Waals surface area contributed by atoms with E-state index >= 15 is 0 Å². The number of rotatable bonds is 4. The Labute approximate surface area is 161 Å². The van der Waals surface area contributed by atoms with Gasteiger partial charge in [-0.3, -0.25) is 14.4 Å². The van der Waals surface area contributed by atoms with Gasteiger partial charge in [0.25, 0.3) is 5.91 Å². The number of anilines is 1. The summed E-state index contributed by atoms with van der Waals surface area (Å²) in [5.74, 6) is -0.531. The number of carbonyl (C=O) groups excluding carboxylic acids is 3. The molecule has 5 nitrogen and oxygen atoms in total. The summed E-state index contributed by atoms with van der Waals surface area (Å²) < 4.78 is 1.04. The monoisotopic (exact) mass is 454 g/mol. The molecule has 6 heteroatoms. The lowest BCUT2D eigenvalue weighted by Crippen LogP contribution is -2.47. The van der Waals surface area contributed by atoms with Crippen molar-refractivity contribution in [1.29, 1.82) is 0 Å². The number of hydrogen-bond donors (Lipinski definition) is 0. The van der Waals surface area contributed by atoms with Crippen LogP contribution in [-0.2, 0) is 14.4 Å². The Kier molecular flexibility index (Phi) is 4.92. The van der Waals surface area contributed by atoms with E-state index in [1.54, 1.807) is 17.0 Å². The maximum absolute atomic E-state index is 13.0. The third kappa shape index (κ3) is 4.04. The summed E-state index contributed by atoms with van der Waals surface area (Å²) in [5, 5.41) is 0. The molecule has 1 unspecified atom stereocenters. The van der Waals surface area contributed by atoms with Gasteiger partial charge in [0, 0.05) is 16.0 Å². The van der Waals surface area contributed by atoms with Gasteiger partial charge in [0.2, 0.25) is 11.8 Å². The first-order valence-electron chi connectivity index (χ1n) is 8.61. The molecule has 134 valence electrons. The van der Waals surface area contributed by atoms with Crippen LogP contribution in [0.4, 0.5) is 5.69 Å². The lowest BCUT2D eigenvalue weighted by Gasteiger charge is -2.30. The highest BCUT2D eigenvalue weighted by molar-refractivity contribution is 14.1. The van der Waals surface area contributed by atoms with Crippen LogP contribution in [0.5, 0.6) is 0 Å². The molecular formula is C19H23IN2O3. The van der Waals surface area contributed by atoms with Crippen LogP contribution < -0.4 is 4.90 Å². The molecule has 2 aliphatic rings. The van der Waals surface area contributed by atoms with Crippen molar-refractivity contribution >= 4 is 46.0 Å². The molecule has 1 atom stereocenters. The molecule has 3 amide bonds. The highest BCUT2D eigenvalue weighted by atomic mass is 127. The zero-order valence-electron chi connectivity index (χ0n) is 14.8. The first-order valence-corrected chi connectivity index (χ1v) is 9.69. The molecule has 1 saturated heterocycles. The van der Waals surface area contributed by atoms with Crippen LogP contribution in [0.15, 0.2) is 24.3 Å². The SMILES string of the molecule is CC(C)(C)CC(=O)N(C1CC1)C1CC(=O)N(c2ccc(I)cc2)C1=O. The molecule has 1 saturated carbocycles. The fourth-order valence-corrected chi connectivity index (χ4v) is 3.58. The normalized spacial score (nSPS) is 21.0. The first-order chi connectivity index (χ1) is 11.7. The van der Waals surface area contributed by atoms with Crippen LogP contribution in [0.25, 0.3) is 0 Å². The maximum Gasteiger partial charge on any atom is 0.257 e. The van der Waals surface area contributed by atoms with E-state index in [4.69, 9.17) is 0 Å². The fraction of sp³-hybridized carbons (Fsp3) is 0.526. The average Bonchev–Trinajstić information content (AvgIpc) is 3.27. The number of amides is 3. The van der Waals surface area contributed by atoms with E-state index in [1.807, 2.05) is 32.9 Å². The smallest absolute Gasteiger partial charge is 0.257 e. The molecular weight excluding hydrogens is 431 g/mol. The van der Waals surface area contributed by atoms with E-state index in [9.17, 15) is 14.4 Å². The van der Waals surface area contributed by atoms with Gasteiger partial charge in [-0.1, -0.05) is 20.8 Å². The second kappa shape index (κ2) is 6.70. The van der Waals surface area contributed by atoms with Crippen molar-refractivity contribution in [2.24, 2.45) is 5.41 Å². The van der Waals surface area contributed by atoms with Gasteiger partial charge < -0.3 is 4.90 Å². The van der Waals surface area contributed by atoms with E-state index in [0.717, 1.165) is 16.4 Å². The van der Waals surface area contributed by atoms with Crippen molar-refractivity contribution in [2.45, 2.75) is 58.5 Å². The third-order valence-corrected chi connectivity index (χ3v) is 5.17. The Balaban J connectivity index is 1.84. The number of nitrogens with zero attached hydrogens (tertiary/aromatic N) is 2. The highest BCUT2D eigenvalue weighted by Gasteiger charge is 2.48. The minimum absolute atomic E-state index is 0.0226. The molecule has 1 aliphatic carbocycles. The molecule has 0 radical (unpaired) electrons. The topological polar surface area (TPSA) is 57.7 Å². The summed E-state index contributed by atoms with van der Waals surface area (Å²) >= 11 is 2.18. The first kappa shape index (κ1) is 18.4. The predicted octanol–water partition coefficient (Wildman–Crippen LogP) is 3.35. The van der Waals surface area contributed by atoms with Crippen LogP contribution in [0.1, 0.15) is 46.5 Å². The Hall–Kier alpha value is -1.44. The van der Waals surface area contributed by atoms with E-state index in [2.05, 4.69) is 22.6 Å². The lowest BCUT2D eigenvalue weighted by atomic mass is 9.91. The third-order valence-electron chi connectivity index (χ3n) is 4.45. The van der Waals surface area contributed by atoms with Crippen molar-refractivity contribution in [2.75, 3.05) is 4.90 Å². The number of benzene rings is 1. The van der Waals surface area contributed by atoms with E-state index in [1.165, 1.54) is 4.90 Å². The van der Waals surface area contributed by atoms with Crippen LogP contribution >= 0.6 is 22.6 Å². The van der Waals surface area contributed by atoms with Crippen LogP contribution in [0.3, 0.4) is 0 Å². The quantitative estimate of drug-likeness (QED) is 0.518. The summed E-state index contributed by atoms with van der Waals surface area (Å²) in [6.45, 7) is 6.03. The number of imide groups is 1. The minimum Gasteiger partial charge on any atom is -0.327 e. The highest BCUT2D eigenvalue weighted by Crippen LogP contribution is 2.36. The van der Waals surface area contributed by atoms with Crippen LogP contribution in [0, 0.1) is 8.99 Å². The second-order valence-electron chi connectivity index (χ2n) is 8.03. The molecule has 1 aromatic rings. The molecule has 2 fully saturated rings. The summed E-state index contributed by atoms with van der Waals surface area (Å²) in [4.78, 5) is 41.2. The maximum atomic E-state index is 13.0. The standard InChI is InChI=1S/C19H23IN2O3/c1-19(2,3)11-17(24)21(13-8-9-13)15-10-16(23)22(18(15)25)14-6-4-12(20)5-7-14/h4-7,13,15H,8-11H2,1-3H3. The van der Waals surface area contributed by atoms with E-state index in [-0.39, 0.29) is 35.6 Å². The van der Waals surface area contributed by atoms with Crippen molar-refractivity contribution in [3.63, 3.8) is 0 Å². The Morgan fingerprint density at radius 1 is 1.20 bits per heavy atom. The molecule has 0 aromatic heterocycles. The second-order valence-corrected chi connectivity index (χ2v) is 9.28. The Morgan fingerprint density at radius 3 is 2.32 bits per heavy atom. The molecule has 3 rings (SSSR count).